The van der Waals surface area contributed by atoms with Crippen LogP contribution in [-0.2, 0) is 10.9 Å². The summed E-state index contributed by atoms with van der Waals surface area (Å²) in [5.74, 6) is -1.00. The SMILES string of the molecule is COC(=O)c1c(N)c2ccc(C(F)(F)F)cc2n(-c2ccc(C(C)O)c3ccccc23)c1=O. The van der Waals surface area contributed by atoms with Crippen molar-refractivity contribution in [2.75, 3.05) is 12.8 Å². The second-order valence-electron chi connectivity index (χ2n) is 7.55. The third-order valence-corrected chi connectivity index (χ3v) is 5.56. The number of halogens is 3. The van der Waals surface area contributed by atoms with E-state index < -0.39 is 34.9 Å². The van der Waals surface area contributed by atoms with E-state index in [1.165, 1.54) is 6.07 Å². The molecule has 33 heavy (non-hydrogen) atoms. The van der Waals surface area contributed by atoms with Gasteiger partial charge in [0, 0.05) is 10.8 Å². The number of benzene rings is 3. The highest BCUT2D eigenvalue weighted by molar-refractivity contribution is 6.05. The third-order valence-electron chi connectivity index (χ3n) is 5.56. The third kappa shape index (κ3) is 3.60. The molecule has 3 aromatic carbocycles. The number of fused-ring (bicyclic) bond motifs is 2. The number of aliphatic hydroxyl groups excluding tert-OH is 1. The number of carbonyl (C=O) groups is 1. The van der Waals surface area contributed by atoms with E-state index in [1.807, 2.05) is 0 Å². The van der Waals surface area contributed by atoms with Gasteiger partial charge >= 0.3 is 12.1 Å². The number of aromatic nitrogens is 1. The molecule has 0 saturated carbocycles. The molecule has 0 aliphatic rings. The van der Waals surface area contributed by atoms with Crippen LogP contribution in [0.5, 0.6) is 0 Å². The molecular weight excluding hydrogens is 437 g/mol. The standard InChI is InChI=1S/C24H19F3N2O4/c1-12(30)14-9-10-18(16-6-4-3-5-15(14)16)29-19-11-13(24(25,26)27)7-8-17(19)21(28)20(22(29)31)23(32)33-2/h3-12,30H,28H2,1-2H3. The number of carbonyl (C=O) groups excluding carboxylic acids is 1. The van der Waals surface area contributed by atoms with E-state index in [1.54, 1.807) is 37.3 Å². The molecule has 0 spiro atoms. The number of alkyl halides is 3. The number of rotatable bonds is 3. The Balaban J connectivity index is 2.23. The van der Waals surface area contributed by atoms with E-state index in [-0.39, 0.29) is 22.3 Å². The average Bonchev–Trinajstić information content (AvgIpc) is 2.77. The smallest absolute Gasteiger partial charge is 0.416 e. The summed E-state index contributed by atoms with van der Waals surface area (Å²) >= 11 is 0. The van der Waals surface area contributed by atoms with Crippen LogP contribution < -0.4 is 11.3 Å². The van der Waals surface area contributed by atoms with Crippen molar-refractivity contribution in [2.45, 2.75) is 19.2 Å². The maximum Gasteiger partial charge on any atom is 0.416 e. The first-order valence-corrected chi connectivity index (χ1v) is 9.90. The summed E-state index contributed by atoms with van der Waals surface area (Å²) in [5.41, 5.74) is 4.11. The molecule has 170 valence electrons. The maximum atomic E-state index is 13.5. The first-order valence-electron chi connectivity index (χ1n) is 9.90. The summed E-state index contributed by atoms with van der Waals surface area (Å²) in [6.45, 7) is 1.58. The van der Waals surface area contributed by atoms with Gasteiger partial charge in [-0.2, -0.15) is 13.2 Å². The zero-order valence-corrected chi connectivity index (χ0v) is 17.6. The zero-order chi connectivity index (χ0) is 24.1. The van der Waals surface area contributed by atoms with Gasteiger partial charge < -0.3 is 15.6 Å². The molecule has 1 heterocycles. The van der Waals surface area contributed by atoms with Gasteiger partial charge in [-0.25, -0.2) is 4.79 Å². The highest BCUT2D eigenvalue weighted by Crippen LogP contribution is 2.36. The predicted octanol–water partition coefficient (Wildman–Crippen LogP) is 4.58. The molecule has 0 bridgehead atoms. The van der Waals surface area contributed by atoms with Crippen LogP contribution in [0.25, 0.3) is 27.4 Å². The molecule has 1 atom stereocenters. The van der Waals surface area contributed by atoms with Crippen molar-refractivity contribution in [3.8, 4) is 5.69 Å². The largest absolute Gasteiger partial charge is 0.465 e. The number of nitrogen functional groups attached to an aromatic ring is 1. The van der Waals surface area contributed by atoms with Crippen molar-refractivity contribution in [3.63, 3.8) is 0 Å². The van der Waals surface area contributed by atoms with Gasteiger partial charge in [0.25, 0.3) is 5.56 Å². The van der Waals surface area contributed by atoms with Crippen molar-refractivity contribution in [3.05, 3.63) is 81.6 Å². The fourth-order valence-corrected chi connectivity index (χ4v) is 4.00. The number of ether oxygens (including phenoxy) is 1. The molecule has 3 N–H and O–H groups in total. The number of hydrogen-bond acceptors (Lipinski definition) is 5. The van der Waals surface area contributed by atoms with Crippen LogP contribution in [-0.4, -0.2) is 22.8 Å². The van der Waals surface area contributed by atoms with Gasteiger partial charge in [-0.1, -0.05) is 36.4 Å². The van der Waals surface area contributed by atoms with E-state index in [4.69, 9.17) is 10.5 Å². The molecule has 4 rings (SSSR count). The average molecular weight is 456 g/mol. The predicted molar refractivity (Wildman–Crippen MR) is 118 cm³/mol. The number of nitrogens with two attached hydrogens (primary N) is 1. The normalized spacial score (nSPS) is 12.8. The molecule has 0 fully saturated rings. The molecular formula is C24H19F3N2O4. The van der Waals surface area contributed by atoms with Gasteiger partial charge in [-0.05, 0) is 36.1 Å². The Hall–Kier alpha value is -3.85. The monoisotopic (exact) mass is 456 g/mol. The molecule has 4 aromatic rings. The molecule has 0 aliphatic heterocycles. The van der Waals surface area contributed by atoms with E-state index in [9.17, 15) is 27.9 Å². The Morgan fingerprint density at radius 3 is 2.33 bits per heavy atom. The molecule has 0 amide bonds. The highest BCUT2D eigenvalue weighted by Gasteiger charge is 2.32. The fraction of sp³-hybridized carbons (Fsp3) is 0.167. The Bertz CT molecular complexity index is 1470. The quantitative estimate of drug-likeness (QED) is 0.440. The highest BCUT2D eigenvalue weighted by atomic mass is 19.4. The van der Waals surface area contributed by atoms with Crippen molar-refractivity contribution in [1.82, 2.24) is 4.57 Å². The Morgan fingerprint density at radius 1 is 1.06 bits per heavy atom. The summed E-state index contributed by atoms with van der Waals surface area (Å²) in [4.78, 5) is 25.9. The lowest BCUT2D eigenvalue weighted by molar-refractivity contribution is -0.137. The van der Waals surface area contributed by atoms with Crippen molar-refractivity contribution in [1.29, 1.82) is 0 Å². The zero-order valence-electron chi connectivity index (χ0n) is 17.6. The molecule has 0 aliphatic carbocycles. The summed E-state index contributed by atoms with van der Waals surface area (Å²) < 4.78 is 46.2. The van der Waals surface area contributed by atoms with E-state index in [0.29, 0.717) is 16.3 Å². The van der Waals surface area contributed by atoms with Gasteiger partial charge in [-0.15, -0.1) is 0 Å². The second-order valence-corrected chi connectivity index (χ2v) is 7.55. The van der Waals surface area contributed by atoms with Crippen LogP contribution in [0.15, 0.2) is 59.4 Å². The topological polar surface area (TPSA) is 94.6 Å². The summed E-state index contributed by atoms with van der Waals surface area (Å²) in [6.07, 6.45) is -5.49. The summed E-state index contributed by atoms with van der Waals surface area (Å²) in [7, 11) is 1.08. The van der Waals surface area contributed by atoms with Gasteiger partial charge in [0.05, 0.1) is 35.7 Å². The Morgan fingerprint density at radius 2 is 1.73 bits per heavy atom. The van der Waals surface area contributed by atoms with Gasteiger partial charge in [0.1, 0.15) is 5.56 Å². The van der Waals surface area contributed by atoms with Crippen LogP contribution in [0.2, 0.25) is 0 Å². The molecule has 0 saturated heterocycles. The van der Waals surface area contributed by atoms with Crippen LogP contribution in [0, 0.1) is 0 Å². The number of aliphatic hydroxyl groups is 1. The second kappa shape index (κ2) is 7.93. The number of nitrogens with zero attached hydrogens (tertiary/aromatic N) is 1. The molecule has 1 unspecified atom stereocenters. The van der Waals surface area contributed by atoms with Crippen molar-refractivity contribution in [2.24, 2.45) is 0 Å². The summed E-state index contributed by atoms with van der Waals surface area (Å²) in [6, 6.07) is 12.7. The van der Waals surface area contributed by atoms with Crippen LogP contribution in [0.4, 0.5) is 18.9 Å². The lowest BCUT2D eigenvalue weighted by atomic mass is 9.98. The van der Waals surface area contributed by atoms with Crippen LogP contribution >= 0.6 is 0 Å². The van der Waals surface area contributed by atoms with Crippen LogP contribution in [0.3, 0.4) is 0 Å². The van der Waals surface area contributed by atoms with Gasteiger partial charge in [0.2, 0.25) is 0 Å². The molecule has 9 heteroatoms. The lowest BCUT2D eigenvalue weighted by Crippen LogP contribution is -2.28. The first kappa shape index (κ1) is 22.3. The van der Waals surface area contributed by atoms with E-state index >= 15 is 0 Å². The number of pyridine rings is 1. The minimum absolute atomic E-state index is 0.0895. The molecule has 1 aromatic heterocycles. The number of methoxy groups -OCH3 is 1. The van der Waals surface area contributed by atoms with Crippen molar-refractivity contribution >= 4 is 33.3 Å². The van der Waals surface area contributed by atoms with Crippen molar-refractivity contribution < 1.29 is 27.8 Å². The van der Waals surface area contributed by atoms with Crippen LogP contribution in [0.1, 0.15) is 34.5 Å². The lowest BCUT2D eigenvalue weighted by Gasteiger charge is -2.19. The first-order chi connectivity index (χ1) is 15.6. The van der Waals surface area contributed by atoms with E-state index in [2.05, 4.69) is 0 Å². The number of anilines is 1. The summed E-state index contributed by atoms with van der Waals surface area (Å²) in [5, 5.41) is 11.3. The number of esters is 1. The minimum atomic E-state index is -4.66. The fourth-order valence-electron chi connectivity index (χ4n) is 4.00. The van der Waals surface area contributed by atoms with Gasteiger partial charge in [-0.3, -0.25) is 9.36 Å². The van der Waals surface area contributed by atoms with Gasteiger partial charge in [0.15, 0.2) is 0 Å². The number of hydrogen-bond donors (Lipinski definition) is 2. The Labute approximate surface area is 185 Å². The Kier molecular flexibility index (Phi) is 5.37. The molecule has 6 nitrogen and oxygen atoms in total. The minimum Gasteiger partial charge on any atom is -0.465 e. The van der Waals surface area contributed by atoms with E-state index in [0.717, 1.165) is 29.9 Å². The molecule has 0 radical (unpaired) electrons. The maximum absolute atomic E-state index is 13.5.